The molecule has 12 heteroatoms. The van der Waals surface area contributed by atoms with Crippen LogP contribution in [0, 0.1) is 24.0 Å². The fourth-order valence-corrected chi connectivity index (χ4v) is 3.70. The number of amides is 1. The van der Waals surface area contributed by atoms with Gasteiger partial charge in [-0.2, -0.15) is 0 Å². The molecule has 0 aliphatic heterocycles. The van der Waals surface area contributed by atoms with Crippen molar-refractivity contribution in [2.75, 3.05) is 10.0 Å². The number of aryl methyl sites for hydroxylation is 2. The molecule has 0 atom stereocenters. The Balaban J connectivity index is 2.01. The number of sulfonamides is 1. The molecule has 2 rings (SSSR count). The highest BCUT2D eigenvalue weighted by Gasteiger charge is 2.16. The third kappa shape index (κ3) is 7.35. The monoisotopic (exact) mass is 461 g/mol. The largest absolute Gasteiger partial charge is 0.323 e. The third-order valence-electron chi connectivity index (χ3n) is 3.51. The molecule has 0 aliphatic rings. The van der Waals surface area contributed by atoms with E-state index in [1.165, 1.54) is 30.3 Å². The fraction of sp³-hybridized carbons (Fsp3) is 0.105. The zero-order chi connectivity index (χ0) is 23.2. The molecular weight excluding hydrogens is 442 g/mol. The van der Waals surface area contributed by atoms with Gasteiger partial charge in [0.2, 0.25) is 11.9 Å². The number of carbonyl (C=O) groups excluding carboxylic acids is 1. The van der Waals surface area contributed by atoms with Gasteiger partial charge in [-0.3, -0.25) is 14.9 Å². The lowest BCUT2D eigenvalue weighted by Crippen LogP contribution is -2.16. The summed E-state index contributed by atoms with van der Waals surface area (Å²) < 4.78 is 27.3. The molecule has 0 bridgehead atoms. The first-order chi connectivity index (χ1) is 14.5. The van der Waals surface area contributed by atoms with Crippen molar-refractivity contribution in [3.63, 3.8) is 0 Å². The van der Waals surface area contributed by atoms with E-state index < -0.39 is 20.9 Å². The second kappa shape index (κ2) is 10.00. The Bertz CT molecular complexity index is 1150. The minimum Gasteiger partial charge on any atom is -0.323 e. The van der Waals surface area contributed by atoms with Crippen LogP contribution < -0.4 is 10.0 Å². The Morgan fingerprint density at radius 1 is 1.13 bits per heavy atom. The summed E-state index contributed by atoms with van der Waals surface area (Å²) in [6.45, 7) is 10.3. The standard InChI is InChI=1S/C19H19N5O5S2/c1-12-11-13(2)21-19(20-12)23-31(28,29)17-8-6-16(7-9-17)22-18(25)10-5-14(3)30-15(4)24(26)27/h5-11H,3-4H2,1-2H3,(H,22,25)(H,20,21,23)/b10-5+. The van der Waals surface area contributed by atoms with E-state index in [1.54, 1.807) is 19.9 Å². The number of hydrogen-bond donors (Lipinski definition) is 2. The van der Waals surface area contributed by atoms with Crippen molar-refractivity contribution in [1.29, 1.82) is 0 Å². The molecule has 0 aliphatic carbocycles. The summed E-state index contributed by atoms with van der Waals surface area (Å²) in [5.41, 5.74) is 1.60. The van der Waals surface area contributed by atoms with E-state index in [0.717, 1.165) is 17.8 Å². The smallest absolute Gasteiger partial charge is 0.300 e. The summed E-state index contributed by atoms with van der Waals surface area (Å²) in [4.78, 5) is 30.2. The molecule has 0 saturated heterocycles. The second-order valence-corrected chi connectivity index (χ2v) is 9.03. The number of nitrogens with zero attached hydrogens (tertiary/aromatic N) is 3. The van der Waals surface area contributed by atoms with E-state index in [9.17, 15) is 23.3 Å². The highest BCUT2D eigenvalue weighted by molar-refractivity contribution is 8.06. The molecule has 2 N–H and O–H groups in total. The van der Waals surface area contributed by atoms with Gasteiger partial charge in [0.15, 0.2) is 0 Å². The number of aromatic nitrogens is 2. The summed E-state index contributed by atoms with van der Waals surface area (Å²) in [6.07, 6.45) is 2.45. The van der Waals surface area contributed by atoms with E-state index >= 15 is 0 Å². The molecule has 10 nitrogen and oxygen atoms in total. The molecule has 1 aromatic carbocycles. The maximum Gasteiger partial charge on any atom is 0.300 e. The van der Waals surface area contributed by atoms with E-state index in [-0.39, 0.29) is 20.8 Å². The number of nitro groups is 1. The van der Waals surface area contributed by atoms with Gasteiger partial charge >= 0.3 is 5.03 Å². The molecule has 1 aromatic heterocycles. The van der Waals surface area contributed by atoms with Gasteiger partial charge in [-0.15, -0.1) is 0 Å². The van der Waals surface area contributed by atoms with E-state index in [2.05, 4.69) is 33.2 Å². The number of carbonyl (C=O) groups is 1. The number of hydrogen-bond acceptors (Lipinski definition) is 8. The number of benzene rings is 1. The fourth-order valence-electron chi connectivity index (χ4n) is 2.24. The summed E-state index contributed by atoms with van der Waals surface area (Å²) in [6, 6.07) is 7.19. The molecule has 0 spiro atoms. The molecule has 1 amide bonds. The molecule has 0 saturated carbocycles. The first-order valence-electron chi connectivity index (χ1n) is 8.60. The van der Waals surface area contributed by atoms with Gasteiger partial charge < -0.3 is 5.32 Å². The van der Waals surface area contributed by atoms with Crippen molar-refractivity contribution in [1.82, 2.24) is 9.97 Å². The third-order valence-corrected chi connectivity index (χ3v) is 5.64. The average Bonchev–Trinajstić information content (AvgIpc) is 2.65. The SMILES string of the molecule is C=C(/C=C/C(=O)Nc1ccc(S(=O)(=O)Nc2nc(C)cc(C)n2)cc1)SC(=C)[N+](=O)[O-]. The molecule has 0 unspecified atom stereocenters. The number of rotatable bonds is 9. The van der Waals surface area contributed by atoms with Crippen molar-refractivity contribution < 1.29 is 18.1 Å². The lowest BCUT2D eigenvalue weighted by atomic mass is 10.3. The summed E-state index contributed by atoms with van der Waals surface area (Å²) in [5, 5.41) is 12.8. The zero-order valence-corrected chi connectivity index (χ0v) is 18.3. The average molecular weight is 462 g/mol. The van der Waals surface area contributed by atoms with Crippen molar-refractivity contribution >= 4 is 39.3 Å². The zero-order valence-electron chi connectivity index (χ0n) is 16.7. The van der Waals surface area contributed by atoms with Gasteiger partial charge in [-0.05, 0) is 68.6 Å². The molecule has 0 fully saturated rings. The van der Waals surface area contributed by atoms with E-state index in [1.807, 2.05) is 0 Å². The molecule has 162 valence electrons. The van der Waals surface area contributed by atoms with Crippen LogP contribution >= 0.6 is 11.8 Å². The molecule has 1 heterocycles. The van der Waals surface area contributed by atoms with Crippen LogP contribution in [0.25, 0.3) is 0 Å². The van der Waals surface area contributed by atoms with Gasteiger partial charge in [0, 0.05) is 28.1 Å². The van der Waals surface area contributed by atoms with Gasteiger partial charge in [0.05, 0.1) is 9.82 Å². The van der Waals surface area contributed by atoms with Crippen molar-refractivity contribution in [2.45, 2.75) is 18.7 Å². The Hall–Kier alpha value is -3.51. The predicted molar refractivity (Wildman–Crippen MR) is 119 cm³/mol. The highest BCUT2D eigenvalue weighted by atomic mass is 32.2. The van der Waals surface area contributed by atoms with Gasteiger partial charge in [0.1, 0.15) is 0 Å². The molecule has 31 heavy (non-hydrogen) atoms. The number of allylic oxidation sites excluding steroid dienone is 1. The van der Waals surface area contributed by atoms with Crippen LogP contribution in [0.3, 0.4) is 0 Å². The lowest BCUT2D eigenvalue weighted by molar-refractivity contribution is -0.409. The topological polar surface area (TPSA) is 144 Å². The Kier molecular flexibility index (Phi) is 7.67. The van der Waals surface area contributed by atoms with Crippen LogP contribution in [0.1, 0.15) is 11.4 Å². The van der Waals surface area contributed by atoms with Crippen molar-refractivity contribution in [3.05, 3.63) is 87.1 Å². The van der Waals surface area contributed by atoms with E-state index in [0.29, 0.717) is 17.1 Å². The van der Waals surface area contributed by atoms with Crippen LogP contribution in [0.4, 0.5) is 11.6 Å². The van der Waals surface area contributed by atoms with Crippen molar-refractivity contribution in [3.8, 4) is 0 Å². The number of nitrogens with one attached hydrogen (secondary N) is 2. The van der Waals surface area contributed by atoms with Crippen molar-refractivity contribution in [2.24, 2.45) is 0 Å². The Labute approximate surface area is 183 Å². The Morgan fingerprint density at radius 3 is 2.26 bits per heavy atom. The maximum atomic E-state index is 12.5. The van der Waals surface area contributed by atoms with Gasteiger partial charge in [0.25, 0.3) is 10.0 Å². The number of thioether (sulfide) groups is 1. The van der Waals surface area contributed by atoms with Gasteiger partial charge in [-0.25, -0.2) is 23.1 Å². The predicted octanol–water partition coefficient (Wildman–Crippen LogP) is 3.38. The second-order valence-electron chi connectivity index (χ2n) is 6.15. The first kappa shape index (κ1) is 23.8. The maximum absolute atomic E-state index is 12.5. The highest BCUT2D eigenvalue weighted by Crippen LogP contribution is 2.23. The lowest BCUT2D eigenvalue weighted by Gasteiger charge is -2.09. The van der Waals surface area contributed by atoms with Crippen LogP contribution in [0.15, 0.2) is 70.5 Å². The first-order valence-corrected chi connectivity index (χ1v) is 10.9. The number of anilines is 2. The van der Waals surface area contributed by atoms with Crippen LogP contribution in [-0.2, 0) is 14.8 Å². The summed E-state index contributed by atoms with van der Waals surface area (Å²) in [7, 11) is -3.91. The van der Waals surface area contributed by atoms with Crippen LogP contribution in [0.2, 0.25) is 0 Å². The minimum absolute atomic E-state index is 0.0297. The molecular formula is C19H19N5O5S2. The quantitative estimate of drug-likeness (QED) is 0.250. The van der Waals surface area contributed by atoms with Crippen LogP contribution in [0.5, 0.6) is 0 Å². The van der Waals surface area contributed by atoms with Gasteiger partial charge in [-0.1, -0.05) is 6.58 Å². The minimum atomic E-state index is -3.91. The van der Waals surface area contributed by atoms with Crippen LogP contribution in [-0.4, -0.2) is 29.2 Å². The normalized spacial score (nSPS) is 11.2. The van der Waals surface area contributed by atoms with E-state index in [4.69, 9.17) is 0 Å². The molecule has 2 aromatic rings. The Morgan fingerprint density at radius 2 is 1.71 bits per heavy atom. The molecule has 0 radical (unpaired) electrons. The summed E-state index contributed by atoms with van der Waals surface area (Å²) in [5.74, 6) is -0.552. The summed E-state index contributed by atoms with van der Waals surface area (Å²) >= 11 is 0.724.